The summed E-state index contributed by atoms with van der Waals surface area (Å²) < 4.78 is 0. The van der Waals surface area contributed by atoms with Gasteiger partial charge in [-0.15, -0.1) is 0 Å². The van der Waals surface area contributed by atoms with Crippen LogP contribution in [0.25, 0.3) is 0 Å². The van der Waals surface area contributed by atoms with E-state index in [2.05, 4.69) is 5.32 Å². The highest BCUT2D eigenvalue weighted by molar-refractivity contribution is 5.64. The Labute approximate surface area is 43.8 Å². The smallest absolute Gasteiger partial charge is 0.404 e. The fourth-order valence-electron chi connectivity index (χ4n) is 0.232. The minimum atomic E-state index is -0.943. The molecule has 0 unspecified atom stereocenters. The van der Waals surface area contributed by atoms with Crippen LogP contribution in [0.1, 0.15) is 14.8 Å². The molecule has 0 bridgehead atoms. The summed E-state index contributed by atoms with van der Waals surface area (Å²) in [6.07, 6.45) is -0.0893. The molecule has 3 heteroatoms. The van der Waals surface area contributed by atoms with Gasteiger partial charge in [0, 0.05) is 7.97 Å². The SMILES string of the molecule is CCCNC(=O)O.[HH]. The maximum atomic E-state index is 9.65. The Kier molecular flexibility index (Phi) is 3.10. The summed E-state index contributed by atoms with van der Waals surface area (Å²) in [6.45, 7) is 2.46. The summed E-state index contributed by atoms with van der Waals surface area (Å²) in [5.74, 6) is 0. The Morgan fingerprint density at radius 3 is 2.71 bits per heavy atom. The monoisotopic (exact) mass is 105 g/mol. The topological polar surface area (TPSA) is 49.3 Å². The van der Waals surface area contributed by atoms with E-state index in [9.17, 15) is 4.79 Å². The lowest BCUT2D eigenvalue weighted by Gasteiger charge is -1.91. The van der Waals surface area contributed by atoms with Crippen molar-refractivity contribution in [1.82, 2.24) is 5.32 Å². The van der Waals surface area contributed by atoms with E-state index >= 15 is 0 Å². The first kappa shape index (κ1) is 6.27. The predicted octanol–water partition coefficient (Wildman–Crippen LogP) is 0.910. The van der Waals surface area contributed by atoms with Crippen LogP contribution in [0.3, 0.4) is 0 Å². The fraction of sp³-hybridized carbons (Fsp3) is 0.750. The highest BCUT2D eigenvalue weighted by atomic mass is 16.4. The molecular weight excluding hydrogens is 94.0 g/mol. The van der Waals surface area contributed by atoms with Crippen molar-refractivity contribution in [2.24, 2.45) is 0 Å². The second-order valence-corrected chi connectivity index (χ2v) is 1.23. The van der Waals surface area contributed by atoms with Gasteiger partial charge in [0.05, 0.1) is 0 Å². The van der Waals surface area contributed by atoms with E-state index in [1.165, 1.54) is 0 Å². The van der Waals surface area contributed by atoms with Gasteiger partial charge in [0.1, 0.15) is 0 Å². The van der Waals surface area contributed by atoms with Crippen molar-refractivity contribution in [3.63, 3.8) is 0 Å². The molecular formula is C4H11NO2. The third-order valence-corrected chi connectivity index (χ3v) is 0.526. The van der Waals surface area contributed by atoms with Crippen LogP contribution in [0.4, 0.5) is 4.79 Å². The lowest BCUT2D eigenvalue weighted by Crippen LogP contribution is -2.20. The molecule has 0 atom stereocenters. The highest BCUT2D eigenvalue weighted by Crippen LogP contribution is 1.67. The van der Waals surface area contributed by atoms with Gasteiger partial charge in [-0.1, -0.05) is 6.92 Å². The third kappa shape index (κ3) is 5.27. The molecule has 0 saturated heterocycles. The molecule has 44 valence electrons. The van der Waals surface area contributed by atoms with Crippen LogP contribution in [-0.2, 0) is 0 Å². The molecule has 0 radical (unpaired) electrons. The summed E-state index contributed by atoms with van der Waals surface area (Å²) >= 11 is 0. The molecule has 0 aliphatic rings. The maximum absolute atomic E-state index is 9.65. The van der Waals surface area contributed by atoms with E-state index in [1.54, 1.807) is 0 Å². The number of hydrogen-bond donors (Lipinski definition) is 2. The molecule has 0 aromatic heterocycles. The predicted molar refractivity (Wildman–Crippen MR) is 28.4 cm³/mol. The first-order chi connectivity index (χ1) is 3.27. The molecule has 0 rings (SSSR count). The van der Waals surface area contributed by atoms with E-state index in [4.69, 9.17) is 5.11 Å². The number of amides is 1. The first-order valence-electron chi connectivity index (χ1n) is 2.24. The normalized spacial score (nSPS) is 8.14. The Morgan fingerprint density at radius 1 is 2.00 bits per heavy atom. The number of carbonyl (C=O) groups is 1. The van der Waals surface area contributed by atoms with Crippen molar-refractivity contribution in [2.75, 3.05) is 6.54 Å². The summed E-state index contributed by atoms with van der Waals surface area (Å²) in [6, 6.07) is 0. The molecule has 0 spiro atoms. The van der Waals surface area contributed by atoms with E-state index in [0.717, 1.165) is 6.42 Å². The molecule has 0 aromatic carbocycles. The molecule has 0 saturated carbocycles. The van der Waals surface area contributed by atoms with Crippen molar-refractivity contribution in [3.05, 3.63) is 0 Å². The van der Waals surface area contributed by atoms with Crippen molar-refractivity contribution < 1.29 is 11.3 Å². The second-order valence-electron chi connectivity index (χ2n) is 1.23. The molecule has 3 nitrogen and oxygen atoms in total. The van der Waals surface area contributed by atoms with Gasteiger partial charge in [-0.3, -0.25) is 0 Å². The van der Waals surface area contributed by atoms with Gasteiger partial charge in [0.25, 0.3) is 0 Å². The van der Waals surface area contributed by atoms with Crippen molar-refractivity contribution in [2.45, 2.75) is 13.3 Å². The maximum Gasteiger partial charge on any atom is 0.404 e. The van der Waals surface area contributed by atoms with Crippen LogP contribution in [0.15, 0.2) is 0 Å². The average Bonchev–Trinajstić information content (AvgIpc) is 1.61. The number of carboxylic acid groups (broad SMARTS) is 1. The highest BCUT2D eigenvalue weighted by Gasteiger charge is 1.86. The van der Waals surface area contributed by atoms with Crippen LogP contribution in [0.5, 0.6) is 0 Å². The van der Waals surface area contributed by atoms with Crippen LogP contribution in [0, 0.1) is 0 Å². The zero-order valence-corrected chi connectivity index (χ0v) is 4.27. The fourth-order valence-corrected chi connectivity index (χ4v) is 0.232. The Balaban J connectivity index is 0. The van der Waals surface area contributed by atoms with Crippen LogP contribution < -0.4 is 5.32 Å². The van der Waals surface area contributed by atoms with Gasteiger partial charge in [-0.05, 0) is 6.42 Å². The lowest BCUT2D eigenvalue weighted by molar-refractivity contribution is 0.194. The second kappa shape index (κ2) is 3.46. The van der Waals surface area contributed by atoms with Crippen LogP contribution in [-0.4, -0.2) is 17.7 Å². The van der Waals surface area contributed by atoms with Crippen LogP contribution in [0.2, 0.25) is 0 Å². The zero-order chi connectivity index (χ0) is 5.70. The van der Waals surface area contributed by atoms with Crippen molar-refractivity contribution in [3.8, 4) is 0 Å². The number of nitrogens with one attached hydrogen (secondary N) is 1. The molecule has 2 N–H and O–H groups in total. The van der Waals surface area contributed by atoms with Gasteiger partial charge < -0.3 is 10.4 Å². The largest absolute Gasteiger partial charge is 0.465 e. The summed E-state index contributed by atoms with van der Waals surface area (Å²) in [7, 11) is 0. The Hall–Kier alpha value is -0.730. The van der Waals surface area contributed by atoms with E-state index in [-0.39, 0.29) is 1.43 Å². The Morgan fingerprint density at radius 2 is 2.57 bits per heavy atom. The number of rotatable bonds is 2. The summed E-state index contributed by atoms with van der Waals surface area (Å²) in [5.41, 5.74) is 0. The van der Waals surface area contributed by atoms with Gasteiger partial charge in [0.2, 0.25) is 0 Å². The molecule has 0 fully saturated rings. The molecule has 0 aromatic rings. The molecule has 0 heterocycles. The molecule has 1 amide bonds. The van der Waals surface area contributed by atoms with Crippen molar-refractivity contribution in [1.29, 1.82) is 0 Å². The minimum absolute atomic E-state index is 0. The van der Waals surface area contributed by atoms with Gasteiger partial charge in [-0.25, -0.2) is 4.79 Å². The van der Waals surface area contributed by atoms with E-state index in [0.29, 0.717) is 6.54 Å². The van der Waals surface area contributed by atoms with Gasteiger partial charge >= 0.3 is 6.09 Å². The van der Waals surface area contributed by atoms with E-state index in [1.807, 2.05) is 6.92 Å². The average molecular weight is 105 g/mol. The number of hydrogen-bond acceptors (Lipinski definition) is 1. The van der Waals surface area contributed by atoms with E-state index < -0.39 is 6.09 Å². The van der Waals surface area contributed by atoms with Crippen LogP contribution >= 0.6 is 0 Å². The third-order valence-electron chi connectivity index (χ3n) is 0.526. The van der Waals surface area contributed by atoms with Gasteiger partial charge in [0.15, 0.2) is 0 Å². The van der Waals surface area contributed by atoms with Gasteiger partial charge in [-0.2, -0.15) is 0 Å². The molecule has 0 aliphatic carbocycles. The minimum Gasteiger partial charge on any atom is -0.465 e. The summed E-state index contributed by atoms with van der Waals surface area (Å²) in [4.78, 5) is 9.65. The quantitative estimate of drug-likeness (QED) is 0.548. The van der Waals surface area contributed by atoms with Crippen molar-refractivity contribution >= 4 is 6.09 Å². The zero-order valence-electron chi connectivity index (χ0n) is 4.27. The molecule has 0 aliphatic heterocycles. The molecule has 7 heavy (non-hydrogen) atoms. The first-order valence-corrected chi connectivity index (χ1v) is 2.24. The lowest BCUT2D eigenvalue weighted by atomic mass is 10.5. The summed E-state index contributed by atoms with van der Waals surface area (Å²) in [5, 5.41) is 10.1. The Bertz CT molecular complexity index is 67.1. The standard InChI is InChI=1S/C4H9NO2.H2/c1-2-3-5-4(6)7;/h5H,2-3H2,1H3,(H,6,7);1H.